The molecule has 1 aliphatic heterocycles. The van der Waals surface area contributed by atoms with Crippen LogP contribution in [0.5, 0.6) is 0 Å². The van der Waals surface area contributed by atoms with Crippen LogP contribution in [0.4, 0.5) is 0 Å². The summed E-state index contributed by atoms with van der Waals surface area (Å²) in [6.45, 7) is -2.05. The first-order valence-corrected chi connectivity index (χ1v) is 8.07. The number of phosphoric acid groups is 2. The Bertz CT molecular complexity index is 447. The van der Waals surface area contributed by atoms with Crippen LogP contribution in [0.1, 0.15) is 0 Å². The van der Waals surface area contributed by atoms with Crippen molar-refractivity contribution in [3.63, 3.8) is 0 Å². The third-order valence-electron chi connectivity index (χ3n) is 2.37. The fourth-order valence-electron chi connectivity index (χ4n) is 1.47. The van der Waals surface area contributed by atoms with Gasteiger partial charge in [0.15, 0.2) is 0 Å². The molecule has 0 saturated carbocycles. The molecular formula is C6H33Na3O20P2. The second-order valence-corrected chi connectivity index (χ2v) is 6.47. The Balaban J connectivity index is -0.0000000404. The van der Waals surface area contributed by atoms with E-state index in [9.17, 15) is 24.4 Å². The van der Waals surface area contributed by atoms with Crippen molar-refractivity contribution >= 4 is 104 Å². The SMILES string of the molecule is O.O.O.O.O.O.O.O.O=P(O)(O)OC[C@H]1OC(O)(COP(=O)(O)O)[C@@H](O)[C@@H]1O.[NaH].[NaH].[NaH]. The Morgan fingerprint density at radius 2 is 1.06 bits per heavy atom. The number of aliphatic hydroxyl groups is 3. The molecule has 4 atom stereocenters. The monoisotopic (exact) mass is 556 g/mol. The number of hydrogen-bond acceptors (Lipinski definition) is 8. The van der Waals surface area contributed by atoms with E-state index in [2.05, 4.69) is 13.8 Å². The molecule has 25 heteroatoms. The van der Waals surface area contributed by atoms with Gasteiger partial charge in [0.2, 0.25) is 5.79 Å². The Labute approximate surface area is 241 Å². The zero-order valence-corrected chi connectivity index (χ0v) is 15.5. The van der Waals surface area contributed by atoms with Crippen LogP contribution >= 0.6 is 15.6 Å². The maximum absolute atomic E-state index is 10.5. The molecule has 1 fully saturated rings. The number of ether oxygens (including phenoxy) is 1. The molecule has 0 aliphatic carbocycles. The van der Waals surface area contributed by atoms with E-state index in [0.29, 0.717) is 0 Å². The van der Waals surface area contributed by atoms with E-state index in [1.165, 1.54) is 0 Å². The molecule has 23 N–H and O–H groups in total. The second-order valence-electron chi connectivity index (χ2n) is 3.99. The zero-order chi connectivity index (χ0) is 15.8. The summed E-state index contributed by atoms with van der Waals surface area (Å²) in [5.41, 5.74) is 0. The number of phosphoric ester groups is 2. The van der Waals surface area contributed by atoms with Crippen LogP contribution in [0.3, 0.4) is 0 Å². The molecule has 0 bridgehead atoms. The van der Waals surface area contributed by atoms with E-state index < -0.39 is 53.0 Å². The van der Waals surface area contributed by atoms with Gasteiger partial charge in [0, 0.05) is 0 Å². The average Bonchev–Trinajstić information content (AvgIpc) is 2.48. The van der Waals surface area contributed by atoms with Gasteiger partial charge < -0.3 is 83.4 Å². The molecule has 1 rings (SSSR count). The van der Waals surface area contributed by atoms with Gasteiger partial charge in [0.1, 0.15) is 24.9 Å². The minimum atomic E-state index is -4.96. The van der Waals surface area contributed by atoms with Crippen LogP contribution < -0.4 is 0 Å². The van der Waals surface area contributed by atoms with Crippen molar-refractivity contribution in [1.29, 1.82) is 0 Å². The Morgan fingerprint density at radius 3 is 1.35 bits per heavy atom. The summed E-state index contributed by atoms with van der Waals surface area (Å²) in [6.07, 6.45) is -5.38. The summed E-state index contributed by atoms with van der Waals surface area (Å²) in [4.78, 5) is 33.9. The second kappa shape index (κ2) is 27.3. The number of hydrogen-bond donors (Lipinski definition) is 7. The quantitative estimate of drug-likeness (QED) is 0.118. The molecule has 1 unspecified atom stereocenters. The molecule has 1 saturated heterocycles. The van der Waals surface area contributed by atoms with Gasteiger partial charge in [-0.3, -0.25) is 9.05 Å². The predicted octanol–water partition coefficient (Wildman–Crippen LogP) is -11.5. The summed E-state index contributed by atoms with van der Waals surface area (Å²) in [7, 11) is -9.82. The van der Waals surface area contributed by atoms with E-state index in [0.717, 1.165) is 0 Å². The van der Waals surface area contributed by atoms with E-state index in [1.54, 1.807) is 0 Å². The first-order valence-electron chi connectivity index (χ1n) is 5.00. The predicted molar refractivity (Wildman–Crippen MR) is 108 cm³/mol. The minimum absolute atomic E-state index is 0. The summed E-state index contributed by atoms with van der Waals surface area (Å²) in [5.74, 6) is -2.66. The molecule has 190 valence electrons. The van der Waals surface area contributed by atoms with Gasteiger partial charge in [-0.05, 0) is 0 Å². The van der Waals surface area contributed by atoms with Crippen LogP contribution in [0.25, 0.3) is 0 Å². The average molecular weight is 556 g/mol. The van der Waals surface area contributed by atoms with E-state index in [-0.39, 0.29) is 132 Å². The number of aliphatic hydroxyl groups excluding tert-OH is 2. The molecule has 0 aromatic heterocycles. The van der Waals surface area contributed by atoms with Crippen molar-refractivity contribution in [2.24, 2.45) is 0 Å². The van der Waals surface area contributed by atoms with Crippen LogP contribution in [-0.4, -0.2) is 205 Å². The fourth-order valence-corrected chi connectivity index (χ4v) is 2.17. The summed E-state index contributed by atoms with van der Waals surface area (Å²) < 4.78 is 33.6. The summed E-state index contributed by atoms with van der Waals surface area (Å²) in [6, 6.07) is 0. The van der Waals surface area contributed by atoms with E-state index >= 15 is 0 Å². The molecule has 0 aromatic rings. The maximum atomic E-state index is 10.5. The first kappa shape index (κ1) is 69.9. The van der Waals surface area contributed by atoms with Crippen LogP contribution in [-0.2, 0) is 22.9 Å². The fraction of sp³-hybridized carbons (Fsp3) is 1.00. The Kier molecular flexibility index (Phi) is 61.7. The summed E-state index contributed by atoms with van der Waals surface area (Å²) >= 11 is 0. The topological polar surface area (TPSA) is 455 Å². The van der Waals surface area contributed by atoms with Crippen molar-refractivity contribution in [2.45, 2.75) is 24.1 Å². The third-order valence-corrected chi connectivity index (χ3v) is 3.32. The normalized spacial score (nSPS) is 22.9. The Hall–Kier alpha value is 2.74. The molecule has 0 spiro atoms. The molecule has 1 aliphatic rings. The van der Waals surface area contributed by atoms with Crippen LogP contribution in [0, 0.1) is 0 Å². The summed E-state index contributed by atoms with van der Waals surface area (Å²) in [5, 5.41) is 28.8. The van der Waals surface area contributed by atoms with E-state index in [4.69, 9.17) is 19.6 Å². The van der Waals surface area contributed by atoms with Crippen LogP contribution in [0.2, 0.25) is 0 Å². The molecule has 0 aromatic carbocycles. The van der Waals surface area contributed by atoms with E-state index in [1.807, 2.05) is 0 Å². The third kappa shape index (κ3) is 25.6. The molecular weight excluding hydrogens is 523 g/mol. The molecule has 1 heterocycles. The van der Waals surface area contributed by atoms with Crippen molar-refractivity contribution in [3.8, 4) is 0 Å². The molecule has 0 amide bonds. The van der Waals surface area contributed by atoms with Crippen molar-refractivity contribution in [3.05, 3.63) is 0 Å². The molecule has 31 heavy (non-hydrogen) atoms. The zero-order valence-electron chi connectivity index (χ0n) is 13.7. The van der Waals surface area contributed by atoms with Crippen molar-refractivity contribution < 1.29 is 102 Å². The van der Waals surface area contributed by atoms with Gasteiger partial charge in [0.05, 0.1) is 6.61 Å². The first-order chi connectivity index (χ1) is 8.84. The van der Waals surface area contributed by atoms with Gasteiger partial charge in [-0.15, -0.1) is 0 Å². The van der Waals surface area contributed by atoms with Crippen molar-refractivity contribution in [2.75, 3.05) is 13.2 Å². The van der Waals surface area contributed by atoms with Gasteiger partial charge in [0.25, 0.3) is 0 Å². The molecule has 20 nitrogen and oxygen atoms in total. The Morgan fingerprint density at radius 1 is 0.742 bits per heavy atom. The van der Waals surface area contributed by atoms with Gasteiger partial charge in [-0.1, -0.05) is 0 Å². The standard InChI is InChI=1S/C6H14O12P2.3Na.8H2O.3H/c7-4-3(1-16-19(10,11)12)18-6(9,5(4)8)2-17-20(13,14)15;;;;;;;;;;;;;;/h3-5,7-9H,1-2H2,(H2,10,11,12)(H2,13,14,15);;;;8*1H2;;;/t3-,4-,5+,6?;;;;;;;;;;;;;;/m1............../s1. The van der Waals surface area contributed by atoms with Crippen LogP contribution in [0.15, 0.2) is 0 Å². The molecule has 0 radical (unpaired) electrons. The van der Waals surface area contributed by atoms with Gasteiger partial charge >= 0.3 is 104 Å². The van der Waals surface area contributed by atoms with Gasteiger partial charge in [-0.2, -0.15) is 0 Å². The number of rotatable bonds is 6. The van der Waals surface area contributed by atoms with Crippen molar-refractivity contribution in [1.82, 2.24) is 0 Å². The van der Waals surface area contributed by atoms with Gasteiger partial charge in [-0.25, -0.2) is 9.13 Å².